The molecule has 0 spiro atoms. The fraction of sp³-hybridized carbons (Fsp3) is 0.0526. The minimum absolute atomic E-state index is 0.146. The van der Waals surface area contributed by atoms with E-state index in [0.29, 0.717) is 0 Å². The Labute approximate surface area is 346 Å². The summed E-state index contributed by atoms with van der Waals surface area (Å²) in [6.45, 7) is 4.69. The van der Waals surface area contributed by atoms with Crippen molar-refractivity contribution in [1.82, 2.24) is 0 Å². The number of hydrogen-bond acceptors (Lipinski definition) is 3. The standard InChI is InChI=1S/C57H37NO2/c1-57(2)48-21-8-5-16-40(48)41-28-26-37(33-49(41)57)58(50-22-12-20-45-42-17-6-9-23-51(42)60-56(45)50)36-14-11-13-34(31-36)35-25-27-39-38-15-3-4-18-43(38)54-44(47(39)32-35)29-30-53-55(54)46-19-7-10-24-52(46)59-53/h3-33H,1-2H3. The van der Waals surface area contributed by atoms with Gasteiger partial charge in [-0.05, 0) is 121 Å². The molecule has 12 aromatic rings. The van der Waals surface area contributed by atoms with Crippen LogP contribution in [0.3, 0.4) is 0 Å². The number of nitrogens with zero attached hydrogens (tertiary/aromatic N) is 1. The van der Waals surface area contributed by atoms with E-state index in [2.05, 4.69) is 195 Å². The van der Waals surface area contributed by atoms with E-state index in [-0.39, 0.29) is 5.41 Å². The molecule has 0 saturated carbocycles. The molecule has 0 unspecified atom stereocenters. The van der Waals surface area contributed by atoms with Crippen molar-refractivity contribution in [3.8, 4) is 22.3 Å². The Balaban J connectivity index is 1.04. The largest absolute Gasteiger partial charge is 0.456 e. The van der Waals surface area contributed by atoms with Crippen molar-refractivity contribution >= 4 is 93.3 Å². The Morgan fingerprint density at radius 3 is 1.88 bits per heavy atom. The molecule has 2 aromatic heterocycles. The molecule has 0 amide bonds. The van der Waals surface area contributed by atoms with Gasteiger partial charge in [-0.1, -0.05) is 141 Å². The third-order valence-electron chi connectivity index (χ3n) is 13.2. The minimum atomic E-state index is -0.146. The molecule has 1 aliphatic rings. The Morgan fingerprint density at radius 2 is 1.00 bits per heavy atom. The second kappa shape index (κ2) is 12.2. The minimum Gasteiger partial charge on any atom is -0.456 e. The van der Waals surface area contributed by atoms with Crippen LogP contribution in [0.5, 0.6) is 0 Å². The molecule has 13 rings (SSSR count). The predicted molar refractivity (Wildman–Crippen MR) is 251 cm³/mol. The summed E-state index contributed by atoms with van der Waals surface area (Å²) in [5.41, 5.74) is 14.2. The van der Waals surface area contributed by atoms with Crippen molar-refractivity contribution in [3.05, 3.63) is 199 Å². The van der Waals surface area contributed by atoms with Crippen molar-refractivity contribution in [2.75, 3.05) is 4.90 Å². The zero-order valence-electron chi connectivity index (χ0n) is 33.2. The summed E-state index contributed by atoms with van der Waals surface area (Å²) in [5, 5.41) is 11.9. The highest BCUT2D eigenvalue weighted by atomic mass is 16.3. The lowest BCUT2D eigenvalue weighted by Gasteiger charge is -2.28. The van der Waals surface area contributed by atoms with Crippen molar-refractivity contribution in [2.45, 2.75) is 19.3 Å². The molecular formula is C57H37NO2. The van der Waals surface area contributed by atoms with Crippen molar-refractivity contribution in [2.24, 2.45) is 0 Å². The van der Waals surface area contributed by atoms with Crippen LogP contribution in [-0.4, -0.2) is 0 Å². The molecule has 60 heavy (non-hydrogen) atoms. The summed E-state index contributed by atoms with van der Waals surface area (Å²) in [6, 6.07) is 68.2. The van der Waals surface area contributed by atoms with E-state index in [1.54, 1.807) is 0 Å². The molecule has 0 atom stereocenters. The maximum atomic E-state index is 6.73. The fourth-order valence-electron chi connectivity index (χ4n) is 10.4. The molecule has 0 fully saturated rings. The average molecular weight is 768 g/mol. The van der Waals surface area contributed by atoms with Crippen molar-refractivity contribution in [3.63, 3.8) is 0 Å². The van der Waals surface area contributed by atoms with Gasteiger partial charge in [-0.2, -0.15) is 0 Å². The molecule has 0 bridgehead atoms. The van der Waals surface area contributed by atoms with Crippen LogP contribution in [0.15, 0.2) is 197 Å². The van der Waals surface area contributed by atoms with Crippen LogP contribution in [0.25, 0.3) is 98.4 Å². The van der Waals surface area contributed by atoms with E-state index in [4.69, 9.17) is 8.83 Å². The van der Waals surface area contributed by atoms with Crippen LogP contribution in [0.2, 0.25) is 0 Å². The van der Waals surface area contributed by atoms with E-state index in [9.17, 15) is 0 Å². The van der Waals surface area contributed by atoms with Crippen molar-refractivity contribution < 1.29 is 8.83 Å². The lowest BCUT2D eigenvalue weighted by Crippen LogP contribution is -2.16. The number of fused-ring (bicyclic) bond motifs is 16. The molecule has 0 saturated heterocycles. The van der Waals surface area contributed by atoms with E-state index in [0.717, 1.165) is 66.7 Å². The zero-order valence-corrected chi connectivity index (χ0v) is 33.2. The first-order chi connectivity index (χ1) is 29.5. The third kappa shape index (κ3) is 4.60. The van der Waals surface area contributed by atoms with Gasteiger partial charge < -0.3 is 13.7 Å². The number of para-hydroxylation sites is 3. The van der Waals surface area contributed by atoms with Crippen LogP contribution in [0.1, 0.15) is 25.0 Å². The van der Waals surface area contributed by atoms with Gasteiger partial charge in [0.2, 0.25) is 0 Å². The number of rotatable bonds is 4. The van der Waals surface area contributed by atoms with E-state index < -0.39 is 0 Å². The van der Waals surface area contributed by atoms with Gasteiger partial charge in [-0.3, -0.25) is 0 Å². The van der Waals surface area contributed by atoms with Crippen LogP contribution in [0, 0.1) is 0 Å². The van der Waals surface area contributed by atoms with Crippen LogP contribution >= 0.6 is 0 Å². The third-order valence-corrected chi connectivity index (χ3v) is 13.2. The first-order valence-electron chi connectivity index (χ1n) is 20.7. The lowest BCUT2D eigenvalue weighted by atomic mass is 9.82. The van der Waals surface area contributed by atoms with Crippen LogP contribution in [0.4, 0.5) is 17.1 Å². The maximum absolute atomic E-state index is 6.73. The molecule has 10 aromatic carbocycles. The summed E-state index contributed by atoms with van der Waals surface area (Å²) in [4.78, 5) is 2.39. The second-order valence-corrected chi connectivity index (χ2v) is 16.8. The molecule has 1 aliphatic carbocycles. The number of furan rings is 2. The van der Waals surface area contributed by atoms with E-state index in [1.807, 2.05) is 12.1 Å². The molecule has 0 aliphatic heterocycles. The second-order valence-electron chi connectivity index (χ2n) is 16.8. The number of benzene rings is 10. The van der Waals surface area contributed by atoms with Gasteiger partial charge in [0.05, 0.1) is 5.69 Å². The van der Waals surface area contributed by atoms with Gasteiger partial charge >= 0.3 is 0 Å². The summed E-state index contributed by atoms with van der Waals surface area (Å²) < 4.78 is 13.1. The summed E-state index contributed by atoms with van der Waals surface area (Å²) in [5.74, 6) is 0. The number of anilines is 3. The maximum Gasteiger partial charge on any atom is 0.159 e. The van der Waals surface area contributed by atoms with Crippen LogP contribution in [-0.2, 0) is 5.41 Å². The van der Waals surface area contributed by atoms with Gasteiger partial charge in [-0.25, -0.2) is 0 Å². The van der Waals surface area contributed by atoms with E-state index in [1.165, 1.54) is 60.0 Å². The Morgan fingerprint density at radius 1 is 0.367 bits per heavy atom. The first kappa shape index (κ1) is 33.4. The summed E-state index contributed by atoms with van der Waals surface area (Å²) in [7, 11) is 0. The smallest absolute Gasteiger partial charge is 0.159 e. The quantitative estimate of drug-likeness (QED) is 0.167. The molecule has 282 valence electrons. The van der Waals surface area contributed by atoms with Crippen molar-refractivity contribution in [1.29, 1.82) is 0 Å². The highest BCUT2D eigenvalue weighted by molar-refractivity contribution is 6.34. The first-order valence-corrected chi connectivity index (χ1v) is 20.7. The van der Waals surface area contributed by atoms with Gasteiger partial charge in [0.15, 0.2) is 5.58 Å². The highest BCUT2D eigenvalue weighted by Crippen LogP contribution is 2.52. The normalized spacial score (nSPS) is 13.3. The molecule has 0 radical (unpaired) electrons. The molecule has 2 heterocycles. The highest BCUT2D eigenvalue weighted by Gasteiger charge is 2.36. The average Bonchev–Trinajstić information content (AvgIpc) is 3.94. The summed E-state index contributed by atoms with van der Waals surface area (Å²) in [6.07, 6.45) is 0. The van der Waals surface area contributed by atoms with Gasteiger partial charge in [-0.15, -0.1) is 0 Å². The van der Waals surface area contributed by atoms with Gasteiger partial charge in [0.25, 0.3) is 0 Å². The van der Waals surface area contributed by atoms with E-state index >= 15 is 0 Å². The van der Waals surface area contributed by atoms with Gasteiger partial charge in [0, 0.05) is 43.7 Å². The SMILES string of the molecule is CC1(C)c2ccccc2-c2ccc(N(c3cccc(-c4ccc5c6ccccc6c6c(ccc7oc8ccccc8c76)c5c4)c3)c3cccc4c3oc3ccccc34)cc21. The monoisotopic (exact) mass is 767 g/mol. The molecule has 3 nitrogen and oxygen atoms in total. The predicted octanol–water partition coefficient (Wildman–Crippen LogP) is 16.4. The Kier molecular flexibility index (Phi) is 6.78. The fourth-order valence-corrected chi connectivity index (χ4v) is 10.4. The van der Waals surface area contributed by atoms with Crippen LogP contribution < -0.4 is 4.90 Å². The molecular weight excluding hydrogens is 731 g/mol. The lowest BCUT2D eigenvalue weighted by molar-refractivity contribution is 0.660. The molecule has 0 N–H and O–H groups in total. The Hall–Kier alpha value is -7.62. The Bertz CT molecular complexity index is 3770. The zero-order chi connectivity index (χ0) is 39.7. The molecule has 3 heteroatoms. The summed E-state index contributed by atoms with van der Waals surface area (Å²) >= 11 is 0. The van der Waals surface area contributed by atoms with Gasteiger partial charge in [0.1, 0.15) is 16.7 Å². The number of hydrogen-bond donors (Lipinski definition) is 0. The topological polar surface area (TPSA) is 29.5 Å².